The number of oxime groups is 1. The van der Waals surface area contributed by atoms with E-state index < -0.39 is 65.6 Å². The number of aliphatic imine (C=N–C) groups is 1. The van der Waals surface area contributed by atoms with Crippen molar-refractivity contribution in [3.05, 3.63) is 64.0 Å². The fourth-order valence-corrected chi connectivity index (χ4v) is 11.4. The number of hydrogen-bond acceptors (Lipinski definition) is 14. The number of hydrogen-bond donors (Lipinski definition) is 1. The molecule has 0 radical (unpaired) electrons. The number of fused-ring (bicyclic) bond motifs is 2. The van der Waals surface area contributed by atoms with Gasteiger partial charge in [0.1, 0.15) is 24.7 Å². The Hall–Kier alpha value is -4.72. The molecule has 4 aliphatic rings. The van der Waals surface area contributed by atoms with Gasteiger partial charge < -0.3 is 33.8 Å². The Labute approximate surface area is 387 Å². The van der Waals surface area contributed by atoms with Gasteiger partial charge in [0.25, 0.3) is 0 Å². The molecule has 3 aromatic rings. The predicted molar refractivity (Wildman–Crippen MR) is 249 cm³/mol. The highest BCUT2D eigenvalue weighted by molar-refractivity contribution is 7.14. The maximum Gasteiger partial charge on any atom is 0.410 e. The molecule has 1 aromatic carbocycles. The third kappa shape index (κ3) is 10.2. The van der Waals surface area contributed by atoms with Crippen molar-refractivity contribution in [1.29, 1.82) is 0 Å². The number of para-hydroxylation sites is 1. The van der Waals surface area contributed by atoms with Crippen LogP contribution in [0, 0.1) is 40.9 Å². The molecule has 1 amide bonds. The van der Waals surface area contributed by atoms with E-state index in [1.54, 1.807) is 31.2 Å². The first-order valence-electron chi connectivity index (χ1n) is 22.9. The molecule has 3 saturated heterocycles. The molecule has 0 aliphatic carbocycles. The SMILES string of the molecule is CC[C@H]1OC(=O)[C@H](C)C(=O)[C@H](C)[C@@H](O[C@@H]2O[C@H](C)C[C@H](N(C)C)[C@H]2O)[C@@](C)(CC#Cc2ccc(/C=N/OCc3cnc4ccccc4c3)s2)C[C@@H](C)C2=NCCN3C(=O)O[C@@]1(C)[C@H]3[C@H]2C. The average Bonchev–Trinajstić information content (AvgIpc) is 3.77. The number of benzene rings is 1. The van der Waals surface area contributed by atoms with Gasteiger partial charge in [-0.05, 0) is 84.3 Å². The van der Waals surface area contributed by atoms with E-state index in [9.17, 15) is 19.5 Å². The molecule has 2 bridgehead atoms. The van der Waals surface area contributed by atoms with E-state index in [1.165, 1.54) is 11.3 Å². The highest BCUT2D eigenvalue weighted by Crippen LogP contribution is 2.46. The summed E-state index contributed by atoms with van der Waals surface area (Å²) in [6.07, 6.45) is 0.692. The quantitative estimate of drug-likeness (QED) is 0.0756. The molecular weight excluding hydrogens is 847 g/mol. The number of aliphatic hydroxyl groups excluding tert-OH is 1. The smallest absolute Gasteiger partial charge is 0.410 e. The number of nitrogens with zero attached hydrogens (tertiary/aromatic N) is 5. The minimum Gasteiger partial charge on any atom is -0.458 e. The van der Waals surface area contributed by atoms with Crippen LogP contribution in [0.3, 0.4) is 0 Å². The lowest BCUT2D eigenvalue weighted by atomic mass is 9.66. The number of amides is 1. The van der Waals surface area contributed by atoms with Gasteiger partial charge in [0.05, 0.1) is 41.4 Å². The molecule has 1 N–H and O–H groups in total. The zero-order valence-electron chi connectivity index (χ0n) is 39.4. The topological polar surface area (TPSA) is 162 Å². The van der Waals surface area contributed by atoms with Crippen molar-refractivity contribution in [3.63, 3.8) is 0 Å². The van der Waals surface area contributed by atoms with Crippen LogP contribution >= 0.6 is 11.3 Å². The number of Topliss-reactive ketones (excluding diaryl/α,β-unsaturated/α-hetero) is 1. The van der Waals surface area contributed by atoms with Crippen molar-refractivity contribution in [2.45, 2.75) is 136 Å². The lowest BCUT2D eigenvalue weighted by molar-refractivity contribution is -0.286. The van der Waals surface area contributed by atoms with Gasteiger partial charge in [-0.15, -0.1) is 11.3 Å². The number of rotatable bonds is 9. The van der Waals surface area contributed by atoms with Crippen molar-refractivity contribution in [2.75, 3.05) is 27.2 Å². The predicted octanol–water partition coefficient (Wildman–Crippen LogP) is 7.28. The van der Waals surface area contributed by atoms with E-state index in [0.717, 1.165) is 31.9 Å². The van der Waals surface area contributed by atoms with E-state index in [1.807, 2.05) is 82.2 Å². The highest BCUT2D eigenvalue weighted by Gasteiger charge is 2.60. The van der Waals surface area contributed by atoms with Crippen LogP contribution < -0.4 is 0 Å². The molecule has 7 rings (SSSR count). The summed E-state index contributed by atoms with van der Waals surface area (Å²) in [6.45, 7) is 16.3. The van der Waals surface area contributed by atoms with Crippen LogP contribution in [-0.2, 0) is 40.0 Å². The summed E-state index contributed by atoms with van der Waals surface area (Å²) in [5.74, 6) is 3.26. The molecule has 6 heterocycles. The van der Waals surface area contributed by atoms with Gasteiger partial charge in [-0.2, -0.15) is 0 Å². The zero-order chi connectivity index (χ0) is 46.8. The number of aromatic nitrogens is 1. The standard InChI is InChI=1S/C50H65N5O9S/c1-11-40-50(8)44-31(4)41(51-21-22-55(44)48(59)64-50)29(2)25-49(7,45(32(5)42(56)33(6)46(58)62-40)63-47-43(57)39(54(9)10)23-30(3)61-47)20-14-16-36-18-19-37(65-36)27-53-60-28-34-24-35-15-12-13-17-38(35)52-26-34/h12-13,15,17-19,24,26-27,29-33,39-40,43-45,47,57H,11,20-23,25,28H2,1-10H3/b53-27+/t29-,30-,31+,32+,33-,39+,40-,43-,44-,45-,47+,49+,50-/m1/s1. The van der Waals surface area contributed by atoms with Crippen molar-refractivity contribution in [3.8, 4) is 11.8 Å². The maximum absolute atomic E-state index is 14.7. The number of cyclic esters (lactones) is 1. The molecule has 2 aromatic heterocycles. The molecule has 0 unspecified atom stereocenters. The molecule has 350 valence electrons. The van der Waals surface area contributed by atoms with Gasteiger partial charge in [0.2, 0.25) is 0 Å². The molecule has 13 atom stereocenters. The zero-order valence-corrected chi connectivity index (χ0v) is 40.2. The Morgan fingerprint density at radius 3 is 2.60 bits per heavy atom. The number of esters is 1. The fraction of sp³-hybridized carbons (Fsp3) is 0.600. The van der Waals surface area contributed by atoms with E-state index in [4.69, 9.17) is 28.8 Å². The van der Waals surface area contributed by atoms with Crippen LogP contribution in [0.1, 0.15) is 96.4 Å². The fourth-order valence-electron chi connectivity index (χ4n) is 10.7. The van der Waals surface area contributed by atoms with Crippen LogP contribution in [0.4, 0.5) is 4.79 Å². The minimum atomic E-state index is -1.19. The molecule has 4 aliphatic heterocycles. The third-order valence-corrected chi connectivity index (χ3v) is 14.9. The third-order valence-electron chi connectivity index (χ3n) is 14.0. The first kappa shape index (κ1) is 48.2. The van der Waals surface area contributed by atoms with Crippen molar-refractivity contribution in [2.24, 2.45) is 39.2 Å². The summed E-state index contributed by atoms with van der Waals surface area (Å²) in [4.78, 5) is 63.0. The van der Waals surface area contributed by atoms with Crippen LogP contribution in [0.2, 0.25) is 0 Å². The van der Waals surface area contributed by atoms with Gasteiger partial charge >= 0.3 is 12.1 Å². The first-order valence-corrected chi connectivity index (χ1v) is 23.8. The molecular formula is C50H65N5O9S. The first-order chi connectivity index (χ1) is 30.9. The van der Waals surface area contributed by atoms with E-state index in [-0.39, 0.29) is 42.8 Å². The summed E-state index contributed by atoms with van der Waals surface area (Å²) in [5.41, 5.74) is 0.680. The monoisotopic (exact) mass is 911 g/mol. The van der Waals surface area contributed by atoms with Gasteiger partial charge in [0.15, 0.2) is 17.7 Å². The second kappa shape index (κ2) is 20.0. The largest absolute Gasteiger partial charge is 0.458 e. The highest BCUT2D eigenvalue weighted by atomic mass is 32.1. The van der Waals surface area contributed by atoms with Crippen molar-refractivity contribution in [1.82, 2.24) is 14.8 Å². The molecule has 14 nitrogen and oxygen atoms in total. The van der Waals surface area contributed by atoms with Gasteiger partial charge in [-0.1, -0.05) is 69.8 Å². The second-order valence-corrected chi connectivity index (χ2v) is 20.3. The lowest BCUT2D eigenvalue weighted by Gasteiger charge is -2.47. The molecule has 15 heteroatoms. The van der Waals surface area contributed by atoms with Gasteiger partial charge in [-0.25, -0.2) is 4.79 Å². The number of likely N-dealkylation sites (N-methyl/N-ethyl adjacent to an activating group) is 1. The Bertz CT molecular complexity index is 2340. The Kier molecular flexibility index (Phi) is 14.9. The summed E-state index contributed by atoms with van der Waals surface area (Å²) in [5, 5.41) is 17.0. The summed E-state index contributed by atoms with van der Waals surface area (Å²) < 4.78 is 25.7. The summed E-state index contributed by atoms with van der Waals surface area (Å²) >= 11 is 1.47. The molecule has 0 spiro atoms. The Morgan fingerprint density at radius 1 is 1.08 bits per heavy atom. The molecule has 3 fully saturated rings. The number of ketones is 1. The molecule has 65 heavy (non-hydrogen) atoms. The van der Waals surface area contributed by atoms with Gasteiger partial charge in [-0.3, -0.25) is 24.5 Å². The van der Waals surface area contributed by atoms with Crippen LogP contribution in [0.25, 0.3) is 10.9 Å². The Morgan fingerprint density at radius 2 is 1.85 bits per heavy atom. The van der Waals surface area contributed by atoms with Gasteiger partial charge in [0, 0.05) is 64.0 Å². The van der Waals surface area contributed by atoms with Crippen LogP contribution in [0.5, 0.6) is 0 Å². The maximum atomic E-state index is 14.7. The number of aliphatic hydroxyl groups is 1. The van der Waals surface area contributed by atoms with E-state index in [2.05, 4.69) is 42.8 Å². The van der Waals surface area contributed by atoms with Crippen LogP contribution in [0.15, 0.2) is 58.8 Å². The van der Waals surface area contributed by atoms with Crippen molar-refractivity contribution >= 4 is 52.0 Å². The molecule has 0 saturated carbocycles. The number of ether oxygens (including phenoxy) is 4. The van der Waals surface area contributed by atoms with Crippen molar-refractivity contribution < 1.29 is 43.3 Å². The number of pyridine rings is 1. The Balaban J connectivity index is 1.21. The number of carbonyl (C=O) groups is 3. The number of carbonyl (C=O) groups excluding carboxylic acids is 3. The van der Waals surface area contributed by atoms with E-state index in [0.29, 0.717) is 32.4 Å². The average molecular weight is 912 g/mol. The second-order valence-electron chi connectivity index (χ2n) is 19.1. The number of thiophene rings is 1. The van der Waals surface area contributed by atoms with E-state index >= 15 is 0 Å². The minimum absolute atomic E-state index is 0.173. The summed E-state index contributed by atoms with van der Waals surface area (Å²) in [6, 6.07) is 13.1. The van der Waals surface area contributed by atoms with Crippen LogP contribution in [-0.4, -0.2) is 125 Å². The lowest BCUT2D eigenvalue weighted by Crippen LogP contribution is -2.58. The summed E-state index contributed by atoms with van der Waals surface area (Å²) in [7, 11) is 3.83. The normalized spacial score (nSPS) is 34.6.